The van der Waals surface area contributed by atoms with E-state index in [4.69, 9.17) is 24.1 Å². The van der Waals surface area contributed by atoms with Gasteiger partial charge in [0.1, 0.15) is 22.7 Å². The number of hydrogen-bond donors (Lipinski definition) is 4. The zero-order valence-corrected chi connectivity index (χ0v) is 61.0. The average molecular weight is 1370 g/mol. The van der Waals surface area contributed by atoms with Gasteiger partial charge in [0, 0.05) is 84.9 Å². The SMILES string of the molecule is CNCCCCN(C)C(=O)C1=C(C)c2cc(OC)ccc2-c2c(C3CCCCC3)c3ccc(C(=O)OC(C)(C)C)cc3n2C1.COc1ccc2c(c1)C(C)=C(C(=O)N(C)CCCCN(C)S(N)(=O)=O)Cn1c-2c(C2CCCCC2)c2ccc(C(=O)OC(C)(C)C)cc21.NS(N)(=O)=O. The quantitative estimate of drug-likeness (QED) is 0.0434. The molecule has 2 fully saturated rings. The standard InChI is InChI=1S/C37H50N4O6S.C37H49N3O4.H4N2O2S/c1-24-30-22-27(46-7)16-18-28(30)34-33(25-13-9-8-10-14-25)29-17-15-26(36(43)47-37(2,3)4)21-32(29)41(34)23-31(24)35(42)39(5)19-11-12-20-40(6)48(38,44)45;1-24-30-22-27(43-7)16-18-28(30)34-33(25-13-9-8-10-14-25)29-17-15-26(36(42)44-37(2,3)4)21-32(29)40(34)23-31(24)35(41)39(6)20-12-11-19-38-5;1-5(2,3)4/h15-18,21-22,25H,8-14,19-20,23H2,1-7H3,(H2,38,44,45);15-18,21-22,25,38H,8-14,19-20,23H2,1-7H3;(H4,1,2,3,4). The first kappa shape index (κ1) is 75.4. The number of unbranched alkanes of at least 4 members (excludes halogenated alkanes) is 2. The van der Waals surface area contributed by atoms with E-state index in [0.29, 0.717) is 73.3 Å². The monoisotopic (exact) mass is 1370 g/mol. The summed E-state index contributed by atoms with van der Waals surface area (Å²) in [5.41, 5.74) is 13.9. The molecule has 0 radical (unpaired) electrons. The van der Waals surface area contributed by atoms with Gasteiger partial charge < -0.3 is 43.2 Å². The van der Waals surface area contributed by atoms with E-state index in [1.54, 1.807) is 26.2 Å². The summed E-state index contributed by atoms with van der Waals surface area (Å²) >= 11 is 0. The Kier molecular flexibility index (Phi) is 24.6. The molecular weight excluding hydrogens is 1270 g/mol. The molecule has 0 unspecified atom stereocenters. The predicted octanol–water partition coefficient (Wildman–Crippen LogP) is 12.2. The summed E-state index contributed by atoms with van der Waals surface area (Å²) in [5.74, 6) is 1.48. The third-order valence-corrected chi connectivity index (χ3v) is 19.9. The highest BCUT2D eigenvalue weighted by atomic mass is 32.2. The lowest BCUT2D eigenvalue weighted by Gasteiger charge is -2.24. The van der Waals surface area contributed by atoms with E-state index in [1.807, 2.05) is 110 Å². The molecular formula is C74H103N9O12S2. The van der Waals surface area contributed by atoms with Crippen molar-refractivity contribution in [2.45, 2.75) is 181 Å². The number of rotatable bonds is 19. The minimum absolute atomic E-state index is 0.0398. The van der Waals surface area contributed by atoms with E-state index in [9.17, 15) is 36.0 Å². The molecule has 0 atom stereocenters. The molecule has 0 saturated heterocycles. The number of benzene rings is 4. The van der Waals surface area contributed by atoms with Crippen molar-refractivity contribution in [3.8, 4) is 34.0 Å². The number of nitrogens with zero attached hydrogens (tertiary/aromatic N) is 5. The predicted molar refractivity (Wildman–Crippen MR) is 386 cm³/mol. The lowest BCUT2D eigenvalue weighted by Crippen LogP contribution is -2.35. The fourth-order valence-electron chi connectivity index (χ4n) is 14.0. The Morgan fingerprint density at radius 1 is 0.536 bits per heavy atom. The summed E-state index contributed by atoms with van der Waals surface area (Å²) in [4.78, 5) is 58.7. The molecule has 0 spiro atoms. The number of nitrogens with one attached hydrogen (secondary N) is 1. The summed E-state index contributed by atoms with van der Waals surface area (Å²) in [6.07, 6.45) is 14.8. The number of ether oxygens (including phenoxy) is 4. The highest BCUT2D eigenvalue weighted by Crippen LogP contribution is 2.51. The number of hydrogen-bond acceptors (Lipinski definition) is 13. The highest BCUT2D eigenvalue weighted by molar-refractivity contribution is 7.87. The number of nitrogens with two attached hydrogens (primary N) is 3. The van der Waals surface area contributed by atoms with Crippen molar-refractivity contribution in [1.29, 1.82) is 0 Å². The van der Waals surface area contributed by atoms with Gasteiger partial charge in [-0.05, 0) is 226 Å². The zero-order valence-electron chi connectivity index (χ0n) is 59.4. The van der Waals surface area contributed by atoms with Crippen LogP contribution in [0, 0.1) is 0 Å². The Morgan fingerprint density at radius 2 is 0.907 bits per heavy atom. The maximum atomic E-state index is 14.3. The van der Waals surface area contributed by atoms with Gasteiger partial charge in [-0.1, -0.05) is 50.7 Å². The molecule has 6 aromatic rings. The first-order valence-electron chi connectivity index (χ1n) is 33.9. The molecule has 0 bridgehead atoms. The smallest absolute Gasteiger partial charge is 0.338 e. The number of aromatic nitrogens is 2. The normalized spacial score (nSPS) is 15.4. The Hall–Kier alpha value is -7.38. The number of likely N-dealkylation sites (N-methyl/N-ethyl adjacent to an activating group) is 2. The number of fused-ring (bicyclic) bond motifs is 10. The first-order valence-corrected chi connectivity index (χ1v) is 37.0. The Morgan fingerprint density at radius 3 is 1.26 bits per heavy atom. The van der Waals surface area contributed by atoms with E-state index in [2.05, 4.69) is 62.0 Å². The van der Waals surface area contributed by atoms with E-state index >= 15 is 0 Å². The maximum absolute atomic E-state index is 14.3. The molecule has 2 aliphatic heterocycles. The topological polar surface area (TPSA) is 283 Å². The van der Waals surface area contributed by atoms with Gasteiger partial charge in [-0.2, -0.15) is 21.1 Å². The molecule has 21 nitrogen and oxygen atoms in total. The fraction of sp³-hybridized carbons (Fsp3) is 0.514. The van der Waals surface area contributed by atoms with Crippen LogP contribution in [0.2, 0.25) is 0 Å². The lowest BCUT2D eigenvalue weighted by molar-refractivity contribution is -0.126. The molecule has 528 valence electrons. The van der Waals surface area contributed by atoms with Gasteiger partial charge in [0.15, 0.2) is 0 Å². The fourth-order valence-corrected chi connectivity index (χ4v) is 14.4. The molecule has 4 aromatic carbocycles. The second-order valence-electron chi connectivity index (χ2n) is 28.3. The zero-order chi connectivity index (χ0) is 71.1. The summed E-state index contributed by atoms with van der Waals surface area (Å²) < 4.78 is 70.1. The van der Waals surface area contributed by atoms with Gasteiger partial charge in [0.25, 0.3) is 32.2 Å². The van der Waals surface area contributed by atoms with Crippen LogP contribution < -0.4 is 30.2 Å². The largest absolute Gasteiger partial charge is 0.497 e. The third-order valence-electron chi connectivity index (χ3n) is 18.8. The molecule has 2 saturated carbocycles. The number of amides is 2. The van der Waals surface area contributed by atoms with Gasteiger partial charge >= 0.3 is 11.9 Å². The van der Waals surface area contributed by atoms with Crippen molar-refractivity contribution in [3.63, 3.8) is 0 Å². The summed E-state index contributed by atoms with van der Waals surface area (Å²) in [7, 11) is 3.01. The van der Waals surface area contributed by atoms with Crippen LogP contribution in [0.25, 0.3) is 55.5 Å². The second kappa shape index (κ2) is 31.6. The maximum Gasteiger partial charge on any atom is 0.338 e. The van der Waals surface area contributed by atoms with Gasteiger partial charge in [-0.3, -0.25) is 9.59 Å². The van der Waals surface area contributed by atoms with Crippen molar-refractivity contribution >= 4 is 77.1 Å². The Bertz CT molecular complexity index is 4190. The van der Waals surface area contributed by atoms with E-state index < -0.39 is 31.6 Å². The van der Waals surface area contributed by atoms with Crippen molar-refractivity contribution in [3.05, 3.63) is 117 Å². The lowest BCUT2D eigenvalue weighted by atomic mass is 9.81. The van der Waals surface area contributed by atoms with Gasteiger partial charge in [0.2, 0.25) is 0 Å². The van der Waals surface area contributed by atoms with Gasteiger partial charge in [0.05, 0.1) is 49.8 Å². The van der Waals surface area contributed by atoms with Crippen molar-refractivity contribution in [2.24, 2.45) is 15.4 Å². The number of carbonyl (C=O) groups is 4. The molecule has 7 N–H and O–H groups in total. The summed E-state index contributed by atoms with van der Waals surface area (Å²) in [6, 6.07) is 24.2. The minimum atomic E-state index is -3.75. The van der Waals surface area contributed by atoms with Crippen molar-refractivity contribution in [1.82, 2.24) is 28.6 Å². The summed E-state index contributed by atoms with van der Waals surface area (Å²) in [6.45, 7) is 18.4. The van der Waals surface area contributed by atoms with Crippen LogP contribution in [0.5, 0.6) is 11.5 Å². The van der Waals surface area contributed by atoms with E-state index in [0.717, 1.165) is 127 Å². The second-order valence-corrected chi connectivity index (χ2v) is 31.1. The first-order chi connectivity index (χ1) is 45.6. The number of methoxy groups -OCH3 is 2. The van der Waals surface area contributed by atoms with Crippen LogP contribution >= 0.6 is 0 Å². The molecule has 2 amide bonds. The molecule has 2 aliphatic carbocycles. The van der Waals surface area contributed by atoms with E-state index in [-0.39, 0.29) is 30.3 Å². The molecule has 23 heteroatoms. The molecule has 4 aliphatic rings. The van der Waals surface area contributed by atoms with Crippen molar-refractivity contribution in [2.75, 3.05) is 68.6 Å². The van der Waals surface area contributed by atoms with Crippen LogP contribution in [0.15, 0.2) is 83.9 Å². The molecule has 97 heavy (non-hydrogen) atoms. The average Bonchev–Trinajstić information content (AvgIpc) is 1.58. The van der Waals surface area contributed by atoms with Crippen LogP contribution in [-0.4, -0.2) is 144 Å². The Labute approximate surface area is 574 Å². The van der Waals surface area contributed by atoms with Gasteiger partial charge in [-0.15, -0.1) is 0 Å². The van der Waals surface area contributed by atoms with Crippen LogP contribution in [0.4, 0.5) is 0 Å². The number of allylic oxidation sites excluding steroid dienone is 2. The third kappa shape index (κ3) is 18.5. The minimum Gasteiger partial charge on any atom is -0.497 e. The van der Waals surface area contributed by atoms with Crippen LogP contribution in [-0.2, 0) is 52.6 Å². The molecule has 2 aromatic heterocycles. The highest BCUT2D eigenvalue weighted by Gasteiger charge is 2.36. The number of carbonyl (C=O) groups excluding carboxylic acids is 4. The number of esters is 2. The van der Waals surface area contributed by atoms with Crippen LogP contribution in [0.3, 0.4) is 0 Å². The summed E-state index contributed by atoms with van der Waals surface area (Å²) in [5, 5.41) is 18.9. The molecule has 4 heterocycles. The van der Waals surface area contributed by atoms with E-state index in [1.165, 1.54) is 56.7 Å². The van der Waals surface area contributed by atoms with Gasteiger partial charge in [-0.25, -0.2) is 25.0 Å². The Balaban J connectivity index is 0.000000232. The molecule has 10 rings (SSSR count). The van der Waals surface area contributed by atoms with Crippen LogP contribution in [0.1, 0.15) is 200 Å². The van der Waals surface area contributed by atoms with Crippen molar-refractivity contribution < 1.29 is 55.0 Å².